The molecule has 0 aromatic heterocycles. The van der Waals surface area contributed by atoms with Crippen LogP contribution >= 0.6 is 11.6 Å². The summed E-state index contributed by atoms with van der Waals surface area (Å²) in [5.41, 5.74) is 2.15. The zero-order chi connectivity index (χ0) is 15.8. The molecule has 116 valence electrons. The number of amides is 1. The summed E-state index contributed by atoms with van der Waals surface area (Å²) in [5, 5.41) is 3.61. The van der Waals surface area contributed by atoms with E-state index in [9.17, 15) is 4.79 Å². The maximum absolute atomic E-state index is 12.1. The molecule has 0 saturated carbocycles. The fraction of sp³-hybridized carbons (Fsp3) is 0.278. The van der Waals surface area contributed by atoms with E-state index in [0.29, 0.717) is 18.1 Å². The topological polar surface area (TPSA) is 32.3 Å². The van der Waals surface area contributed by atoms with E-state index >= 15 is 0 Å². The van der Waals surface area contributed by atoms with Crippen LogP contribution in [0.3, 0.4) is 0 Å². The van der Waals surface area contributed by atoms with Gasteiger partial charge in [-0.3, -0.25) is 9.69 Å². The molecule has 0 atom stereocenters. The quantitative estimate of drug-likeness (QED) is 0.848. The lowest BCUT2D eigenvalue weighted by Gasteiger charge is -2.20. The Morgan fingerprint density at radius 2 is 1.77 bits per heavy atom. The highest BCUT2D eigenvalue weighted by Gasteiger charge is 2.10. The minimum absolute atomic E-state index is 0.0118. The third kappa shape index (κ3) is 5.17. The smallest absolute Gasteiger partial charge is 0.234 e. The molecule has 1 N–H and O–H groups in total. The molecule has 0 spiro atoms. The van der Waals surface area contributed by atoms with Crippen molar-refractivity contribution in [2.45, 2.75) is 20.0 Å². The Morgan fingerprint density at radius 3 is 2.45 bits per heavy atom. The third-order valence-corrected chi connectivity index (χ3v) is 3.87. The van der Waals surface area contributed by atoms with Gasteiger partial charge in [0.2, 0.25) is 5.91 Å². The Balaban J connectivity index is 1.83. The highest BCUT2D eigenvalue weighted by atomic mass is 35.5. The molecule has 22 heavy (non-hydrogen) atoms. The van der Waals surface area contributed by atoms with Crippen LogP contribution in [-0.4, -0.2) is 23.9 Å². The van der Waals surface area contributed by atoms with Gasteiger partial charge in [0.15, 0.2) is 0 Å². The first-order valence-corrected chi connectivity index (χ1v) is 7.83. The average molecular weight is 317 g/mol. The lowest BCUT2D eigenvalue weighted by Crippen LogP contribution is -2.36. The molecule has 0 radical (unpaired) electrons. The van der Waals surface area contributed by atoms with Crippen molar-refractivity contribution >= 4 is 17.5 Å². The Kier molecular flexibility index (Phi) is 6.44. The first-order valence-electron chi connectivity index (χ1n) is 7.45. The van der Waals surface area contributed by atoms with Gasteiger partial charge in [0.1, 0.15) is 0 Å². The van der Waals surface area contributed by atoms with E-state index in [1.165, 1.54) is 5.56 Å². The Labute approximate surface area is 136 Å². The third-order valence-electron chi connectivity index (χ3n) is 3.50. The number of hydrogen-bond donors (Lipinski definition) is 1. The number of halogens is 1. The summed E-state index contributed by atoms with van der Waals surface area (Å²) in [6, 6.07) is 17.7. The molecule has 0 aliphatic carbocycles. The summed E-state index contributed by atoms with van der Waals surface area (Å²) < 4.78 is 0. The summed E-state index contributed by atoms with van der Waals surface area (Å²) in [6.45, 7) is 4.51. The number of carbonyl (C=O) groups excluding carboxylic acids is 1. The van der Waals surface area contributed by atoms with Crippen LogP contribution in [0.4, 0.5) is 0 Å². The normalized spacial score (nSPS) is 10.7. The second-order valence-electron chi connectivity index (χ2n) is 5.16. The summed E-state index contributed by atoms with van der Waals surface area (Å²) >= 11 is 6.09. The van der Waals surface area contributed by atoms with Gasteiger partial charge in [-0.25, -0.2) is 0 Å². The van der Waals surface area contributed by atoms with E-state index in [-0.39, 0.29) is 5.91 Å². The second kappa shape index (κ2) is 8.57. The molecule has 0 unspecified atom stereocenters. The molecule has 3 nitrogen and oxygen atoms in total. The molecular formula is C18H21ClN2O. The molecule has 0 saturated heterocycles. The van der Waals surface area contributed by atoms with Gasteiger partial charge in [-0.1, -0.05) is 67.1 Å². The first-order chi connectivity index (χ1) is 10.7. The minimum atomic E-state index is 0.0118. The van der Waals surface area contributed by atoms with E-state index in [0.717, 1.165) is 18.7 Å². The van der Waals surface area contributed by atoms with E-state index in [1.54, 1.807) is 0 Å². The van der Waals surface area contributed by atoms with Crippen molar-refractivity contribution in [2.24, 2.45) is 0 Å². The van der Waals surface area contributed by atoms with Crippen LogP contribution in [0, 0.1) is 0 Å². The van der Waals surface area contributed by atoms with Crippen molar-refractivity contribution in [3.05, 3.63) is 70.7 Å². The fourth-order valence-corrected chi connectivity index (χ4v) is 2.42. The van der Waals surface area contributed by atoms with Gasteiger partial charge in [0.05, 0.1) is 6.54 Å². The number of rotatable bonds is 7. The standard InChI is InChI=1S/C18H21ClN2O/c1-2-21(13-15-8-4-3-5-9-15)14-18(22)20-12-16-10-6-7-11-17(16)19/h3-11H,2,12-14H2,1H3,(H,20,22). The fourth-order valence-electron chi connectivity index (χ4n) is 2.22. The van der Waals surface area contributed by atoms with Gasteiger partial charge < -0.3 is 5.32 Å². The molecule has 4 heteroatoms. The van der Waals surface area contributed by atoms with Gasteiger partial charge >= 0.3 is 0 Å². The van der Waals surface area contributed by atoms with Crippen LogP contribution in [0.15, 0.2) is 54.6 Å². The summed E-state index contributed by atoms with van der Waals surface area (Å²) in [6.07, 6.45) is 0. The largest absolute Gasteiger partial charge is 0.351 e. The van der Waals surface area contributed by atoms with Crippen molar-refractivity contribution in [3.63, 3.8) is 0 Å². The van der Waals surface area contributed by atoms with Gasteiger partial charge in [-0.2, -0.15) is 0 Å². The van der Waals surface area contributed by atoms with Gasteiger partial charge in [-0.15, -0.1) is 0 Å². The summed E-state index contributed by atoms with van der Waals surface area (Å²) in [5.74, 6) is 0.0118. The van der Waals surface area contributed by atoms with Crippen LogP contribution in [0.25, 0.3) is 0 Å². The predicted molar refractivity (Wildman–Crippen MR) is 90.7 cm³/mol. The molecular weight excluding hydrogens is 296 g/mol. The van der Waals surface area contributed by atoms with E-state index < -0.39 is 0 Å². The number of carbonyl (C=O) groups is 1. The number of benzene rings is 2. The number of nitrogens with one attached hydrogen (secondary N) is 1. The molecule has 0 fully saturated rings. The second-order valence-corrected chi connectivity index (χ2v) is 5.56. The lowest BCUT2D eigenvalue weighted by atomic mass is 10.2. The number of hydrogen-bond acceptors (Lipinski definition) is 2. The molecule has 0 aliphatic rings. The molecule has 2 aromatic carbocycles. The minimum Gasteiger partial charge on any atom is -0.351 e. The molecule has 2 rings (SSSR count). The molecule has 0 heterocycles. The van der Waals surface area contributed by atoms with Crippen molar-refractivity contribution < 1.29 is 4.79 Å². The Bertz CT molecular complexity index is 601. The van der Waals surface area contributed by atoms with E-state index in [2.05, 4.69) is 29.3 Å². The number of nitrogens with zero attached hydrogens (tertiary/aromatic N) is 1. The number of likely N-dealkylation sites (N-methyl/N-ethyl adjacent to an activating group) is 1. The van der Waals surface area contributed by atoms with Crippen LogP contribution < -0.4 is 5.32 Å². The highest BCUT2D eigenvalue weighted by Crippen LogP contribution is 2.14. The van der Waals surface area contributed by atoms with Crippen LogP contribution in [0.1, 0.15) is 18.1 Å². The zero-order valence-corrected chi connectivity index (χ0v) is 13.5. The summed E-state index contributed by atoms with van der Waals surface area (Å²) in [7, 11) is 0. The van der Waals surface area contributed by atoms with Gasteiger partial charge in [0, 0.05) is 18.1 Å². The maximum Gasteiger partial charge on any atom is 0.234 e. The van der Waals surface area contributed by atoms with Crippen molar-refractivity contribution in [1.82, 2.24) is 10.2 Å². The molecule has 1 amide bonds. The lowest BCUT2D eigenvalue weighted by molar-refractivity contribution is -0.122. The van der Waals surface area contributed by atoms with Gasteiger partial charge in [0.25, 0.3) is 0 Å². The molecule has 0 bridgehead atoms. The van der Waals surface area contributed by atoms with Crippen LogP contribution in [0.5, 0.6) is 0 Å². The monoisotopic (exact) mass is 316 g/mol. The Hall–Kier alpha value is -1.84. The van der Waals surface area contributed by atoms with Gasteiger partial charge in [-0.05, 0) is 23.7 Å². The highest BCUT2D eigenvalue weighted by molar-refractivity contribution is 6.31. The molecule has 0 aliphatic heterocycles. The van der Waals surface area contributed by atoms with Crippen molar-refractivity contribution in [1.29, 1.82) is 0 Å². The maximum atomic E-state index is 12.1. The van der Waals surface area contributed by atoms with Crippen molar-refractivity contribution in [3.8, 4) is 0 Å². The predicted octanol–water partition coefficient (Wildman–Crippen LogP) is 3.48. The van der Waals surface area contributed by atoms with Crippen LogP contribution in [-0.2, 0) is 17.9 Å². The SMILES string of the molecule is CCN(CC(=O)NCc1ccccc1Cl)Cc1ccccc1. The molecule has 2 aromatic rings. The van der Waals surface area contributed by atoms with Crippen molar-refractivity contribution in [2.75, 3.05) is 13.1 Å². The average Bonchev–Trinajstić information content (AvgIpc) is 2.54. The van der Waals surface area contributed by atoms with Crippen LogP contribution in [0.2, 0.25) is 5.02 Å². The zero-order valence-electron chi connectivity index (χ0n) is 12.8. The summed E-state index contributed by atoms with van der Waals surface area (Å²) in [4.78, 5) is 14.2. The van der Waals surface area contributed by atoms with E-state index in [4.69, 9.17) is 11.6 Å². The Morgan fingerprint density at radius 1 is 1.09 bits per heavy atom. The van der Waals surface area contributed by atoms with E-state index in [1.807, 2.05) is 42.5 Å². The first kappa shape index (κ1) is 16.5.